The van der Waals surface area contributed by atoms with Crippen molar-refractivity contribution in [2.75, 3.05) is 6.54 Å². The first kappa shape index (κ1) is 12.5. The number of nitrogens with one attached hydrogen (secondary N) is 1. The summed E-state index contributed by atoms with van der Waals surface area (Å²) >= 11 is 0. The highest BCUT2D eigenvalue weighted by molar-refractivity contribution is 5.24. The zero-order valence-corrected chi connectivity index (χ0v) is 10.5. The fourth-order valence-electron chi connectivity index (χ4n) is 1.49. The number of benzene rings is 1. The number of para-hydroxylation sites is 1. The van der Waals surface area contributed by atoms with E-state index in [9.17, 15) is 0 Å². The van der Waals surface area contributed by atoms with E-state index in [0.717, 1.165) is 30.8 Å². The van der Waals surface area contributed by atoms with E-state index in [1.165, 1.54) is 0 Å². The van der Waals surface area contributed by atoms with Crippen molar-refractivity contribution in [3.63, 3.8) is 0 Å². The lowest BCUT2D eigenvalue weighted by Gasteiger charge is -2.05. The molecule has 2 aromatic rings. The molecule has 1 heterocycles. The minimum Gasteiger partial charge on any atom is -0.424 e. The molecule has 1 aromatic heterocycles. The topological polar surface area (TPSA) is 47.0 Å². The number of rotatable bonds is 6. The molecule has 0 atom stereocenters. The molecule has 0 aliphatic heterocycles. The Labute approximate surface area is 107 Å². The van der Waals surface area contributed by atoms with Gasteiger partial charge >= 0.3 is 6.01 Å². The quantitative estimate of drug-likeness (QED) is 0.792. The van der Waals surface area contributed by atoms with Gasteiger partial charge in [0.15, 0.2) is 0 Å². The first-order valence-electron chi connectivity index (χ1n) is 6.13. The van der Waals surface area contributed by atoms with Gasteiger partial charge in [-0.2, -0.15) is 0 Å². The molecule has 0 radical (unpaired) electrons. The lowest BCUT2D eigenvalue weighted by Crippen LogP contribution is -2.14. The van der Waals surface area contributed by atoms with E-state index in [-0.39, 0.29) is 0 Å². The Hall–Kier alpha value is -1.94. The van der Waals surface area contributed by atoms with Crippen LogP contribution in [0.2, 0.25) is 0 Å². The molecule has 94 valence electrons. The molecule has 4 nitrogen and oxygen atoms in total. The van der Waals surface area contributed by atoms with Gasteiger partial charge in [-0.25, -0.2) is 9.97 Å². The van der Waals surface area contributed by atoms with E-state index in [2.05, 4.69) is 22.2 Å². The molecule has 0 fully saturated rings. The maximum Gasteiger partial charge on any atom is 0.321 e. The van der Waals surface area contributed by atoms with Crippen LogP contribution in [0.3, 0.4) is 0 Å². The Morgan fingerprint density at radius 1 is 1.11 bits per heavy atom. The van der Waals surface area contributed by atoms with Gasteiger partial charge in [-0.05, 0) is 25.1 Å². The highest BCUT2D eigenvalue weighted by Crippen LogP contribution is 2.15. The fraction of sp³-hybridized carbons (Fsp3) is 0.286. The standard InChI is InChI=1S/C14H17N3O/c1-2-8-15-9-12-10-16-14(17-11-12)18-13-6-4-3-5-7-13/h3-7,10-11,15H,2,8-9H2,1H3. The van der Waals surface area contributed by atoms with Gasteiger partial charge < -0.3 is 10.1 Å². The van der Waals surface area contributed by atoms with Crippen molar-refractivity contribution in [3.05, 3.63) is 48.3 Å². The van der Waals surface area contributed by atoms with Crippen molar-refractivity contribution in [2.24, 2.45) is 0 Å². The smallest absolute Gasteiger partial charge is 0.321 e. The van der Waals surface area contributed by atoms with Crippen LogP contribution in [0.5, 0.6) is 11.8 Å². The minimum absolute atomic E-state index is 0.375. The van der Waals surface area contributed by atoms with Crippen molar-refractivity contribution in [3.8, 4) is 11.8 Å². The van der Waals surface area contributed by atoms with Crippen LogP contribution in [0.4, 0.5) is 0 Å². The molecular weight excluding hydrogens is 226 g/mol. The zero-order valence-electron chi connectivity index (χ0n) is 10.5. The van der Waals surface area contributed by atoms with Crippen LogP contribution < -0.4 is 10.1 Å². The molecule has 0 aliphatic rings. The van der Waals surface area contributed by atoms with Crippen molar-refractivity contribution in [1.82, 2.24) is 15.3 Å². The van der Waals surface area contributed by atoms with E-state index in [0.29, 0.717) is 6.01 Å². The zero-order chi connectivity index (χ0) is 12.6. The van der Waals surface area contributed by atoms with Crippen molar-refractivity contribution >= 4 is 0 Å². The maximum absolute atomic E-state index is 5.52. The van der Waals surface area contributed by atoms with Gasteiger partial charge in [0.05, 0.1) is 0 Å². The predicted molar refractivity (Wildman–Crippen MR) is 70.5 cm³/mol. The maximum atomic E-state index is 5.52. The molecule has 4 heteroatoms. The highest BCUT2D eigenvalue weighted by Gasteiger charge is 2.00. The fourth-order valence-corrected chi connectivity index (χ4v) is 1.49. The number of ether oxygens (including phenoxy) is 1. The summed E-state index contributed by atoms with van der Waals surface area (Å²) in [6, 6.07) is 9.90. The Balaban J connectivity index is 1.91. The minimum atomic E-state index is 0.375. The summed E-state index contributed by atoms with van der Waals surface area (Å²) in [5, 5.41) is 3.30. The Bertz CT molecular complexity index is 456. The van der Waals surface area contributed by atoms with Gasteiger partial charge in [-0.1, -0.05) is 25.1 Å². The SMILES string of the molecule is CCCNCc1cnc(Oc2ccccc2)nc1. The third kappa shape index (κ3) is 3.82. The number of hydrogen-bond donors (Lipinski definition) is 1. The molecular formula is C14H17N3O. The monoisotopic (exact) mass is 243 g/mol. The highest BCUT2D eigenvalue weighted by atomic mass is 16.5. The second-order valence-electron chi connectivity index (χ2n) is 3.97. The summed E-state index contributed by atoms with van der Waals surface area (Å²) < 4.78 is 5.52. The van der Waals surface area contributed by atoms with Gasteiger partial charge in [0, 0.05) is 24.5 Å². The molecule has 18 heavy (non-hydrogen) atoms. The summed E-state index contributed by atoms with van der Waals surface area (Å²) in [5.41, 5.74) is 1.06. The van der Waals surface area contributed by atoms with Crippen molar-refractivity contribution in [2.45, 2.75) is 19.9 Å². The number of nitrogens with zero attached hydrogens (tertiary/aromatic N) is 2. The molecule has 0 saturated heterocycles. The summed E-state index contributed by atoms with van der Waals surface area (Å²) in [5.74, 6) is 0.745. The Morgan fingerprint density at radius 2 is 1.83 bits per heavy atom. The van der Waals surface area contributed by atoms with Gasteiger partial charge in [0.2, 0.25) is 0 Å². The normalized spacial score (nSPS) is 10.3. The third-order valence-electron chi connectivity index (χ3n) is 2.39. The molecule has 0 unspecified atom stereocenters. The summed E-state index contributed by atoms with van der Waals surface area (Å²) in [6.45, 7) is 3.93. The van der Waals surface area contributed by atoms with Crippen molar-refractivity contribution < 1.29 is 4.74 Å². The average Bonchev–Trinajstić information content (AvgIpc) is 2.42. The van der Waals surface area contributed by atoms with Crippen molar-refractivity contribution in [1.29, 1.82) is 0 Å². The van der Waals surface area contributed by atoms with Gasteiger partial charge in [0.1, 0.15) is 5.75 Å². The van der Waals surface area contributed by atoms with Gasteiger partial charge in [-0.15, -0.1) is 0 Å². The van der Waals surface area contributed by atoms with Gasteiger partial charge in [0.25, 0.3) is 0 Å². The summed E-state index contributed by atoms with van der Waals surface area (Å²) in [6.07, 6.45) is 4.69. The van der Waals surface area contributed by atoms with Crippen LogP contribution >= 0.6 is 0 Å². The van der Waals surface area contributed by atoms with Gasteiger partial charge in [-0.3, -0.25) is 0 Å². The molecule has 2 rings (SSSR count). The Morgan fingerprint density at radius 3 is 2.50 bits per heavy atom. The van der Waals surface area contributed by atoms with E-state index >= 15 is 0 Å². The lowest BCUT2D eigenvalue weighted by atomic mass is 10.3. The second-order valence-corrected chi connectivity index (χ2v) is 3.97. The Kier molecular flexibility index (Phi) is 4.67. The van der Waals surface area contributed by atoms with Crippen LogP contribution in [0.25, 0.3) is 0 Å². The molecule has 0 bridgehead atoms. The third-order valence-corrected chi connectivity index (χ3v) is 2.39. The molecule has 0 aliphatic carbocycles. The lowest BCUT2D eigenvalue weighted by molar-refractivity contribution is 0.440. The molecule has 0 amide bonds. The predicted octanol–water partition coefficient (Wildman–Crippen LogP) is 2.77. The van der Waals surface area contributed by atoms with E-state index < -0.39 is 0 Å². The van der Waals surface area contributed by atoms with E-state index in [1.807, 2.05) is 30.3 Å². The summed E-state index contributed by atoms with van der Waals surface area (Å²) in [7, 11) is 0. The number of hydrogen-bond acceptors (Lipinski definition) is 4. The molecule has 0 spiro atoms. The van der Waals surface area contributed by atoms with Crippen LogP contribution in [-0.4, -0.2) is 16.5 Å². The molecule has 1 aromatic carbocycles. The second kappa shape index (κ2) is 6.71. The largest absolute Gasteiger partial charge is 0.424 e. The van der Waals surface area contributed by atoms with Crippen LogP contribution in [0, 0.1) is 0 Å². The average molecular weight is 243 g/mol. The number of aromatic nitrogens is 2. The van der Waals surface area contributed by atoms with E-state index in [1.54, 1.807) is 12.4 Å². The van der Waals surface area contributed by atoms with Crippen LogP contribution in [0.1, 0.15) is 18.9 Å². The van der Waals surface area contributed by atoms with E-state index in [4.69, 9.17) is 4.74 Å². The molecule has 1 N–H and O–H groups in total. The summed E-state index contributed by atoms with van der Waals surface area (Å²) in [4.78, 5) is 8.36. The first-order valence-corrected chi connectivity index (χ1v) is 6.13. The van der Waals surface area contributed by atoms with Crippen LogP contribution in [0.15, 0.2) is 42.7 Å². The molecule has 0 saturated carbocycles. The van der Waals surface area contributed by atoms with Crippen LogP contribution in [-0.2, 0) is 6.54 Å². The first-order chi connectivity index (χ1) is 8.88.